The van der Waals surface area contributed by atoms with Crippen LogP contribution >= 0.6 is 0 Å². The van der Waals surface area contributed by atoms with Gasteiger partial charge in [-0.3, -0.25) is 0 Å². The predicted molar refractivity (Wildman–Crippen MR) is 109 cm³/mol. The van der Waals surface area contributed by atoms with Gasteiger partial charge in [-0.25, -0.2) is 9.83 Å². The van der Waals surface area contributed by atoms with Crippen LogP contribution in [-0.4, -0.2) is 18.2 Å². The molecule has 5 nitrogen and oxygen atoms in total. The van der Waals surface area contributed by atoms with E-state index < -0.39 is 0 Å². The second kappa shape index (κ2) is 5.49. The number of furan rings is 1. The first-order valence-corrected chi connectivity index (χ1v) is 8.90. The summed E-state index contributed by atoms with van der Waals surface area (Å²) in [6.07, 6.45) is 1.89. The summed E-state index contributed by atoms with van der Waals surface area (Å²) in [5, 5.41) is 2.11. The number of aromatic nitrogens is 1. The lowest BCUT2D eigenvalue weighted by molar-refractivity contribution is 0.653. The van der Waals surface area contributed by atoms with E-state index in [2.05, 4.69) is 52.7 Å². The van der Waals surface area contributed by atoms with Gasteiger partial charge in [0.25, 0.3) is 0 Å². The Hall–Kier alpha value is -3.52. The SMILES string of the molecule is [C-]#[N+]c1ccc2c(c1)N(c1cc3oc4ncccc4c3cc1C)[C@@H](C)N2C. The lowest BCUT2D eigenvalue weighted by Gasteiger charge is -2.29. The zero-order valence-corrected chi connectivity index (χ0v) is 15.4. The van der Waals surface area contributed by atoms with Crippen molar-refractivity contribution in [3.8, 4) is 0 Å². The van der Waals surface area contributed by atoms with Crippen molar-refractivity contribution in [3.63, 3.8) is 0 Å². The highest BCUT2D eigenvalue weighted by Crippen LogP contribution is 2.47. The van der Waals surface area contributed by atoms with Gasteiger partial charge in [0.15, 0.2) is 5.69 Å². The minimum Gasteiger partial charge on any atom is -0.438 e. The molecular formula is C22H18N4O. The van der Waals surface area contributed by atoms with Crippen molar-refractivity contribution in [2.24, 2.45) is 0 Å². The van der Waals surface area contributed by atoms with E-state index >= 15 is 0 Å². The van der Waals surface area contributed by atoms with Crippen LogP contribution in [0.3, 0.4) is 0 Å². The first-order chi connectivity index (χ1) is 13.1. The van der Waals surface area contributed by atoms with Crippen molar-refractivity contribution in [2.45, 2.75) is 20.0 Å². The standard InChI is InChI=1S/C22H18N4O/c1-13-10-17-16-6-5-9-24-22(16)27-21(17)12-19(13)26-14(2)25(4)18-8-7-15(23-3)11-20(18)26/h5-12,14H,1-2,4H3/t14-/m0/s1. The molecule has 27 heavy (non-hydrogen) atoms. The molecule has 0 spiro atoms. The Kier molecular flexibility index (Phi) is 3.19. The van der Waals surface area contributed by atoms with Gasteiger partial charge in [0.2, 0.25) is 5.71 Å². The first kappa shape index (κ1) is 15.7. The number of rotatable bonds is 1. The maximum absolute atomic E-state index is 7.36. The third-order valence-electron chi connectivity index (χ3n) is 5.49. The van der Waals surface area contributed by atoms with Gasteiger partial charge < -0.3 is 14.2 Å². The normalized spacial score (nSPS) is 16.1. The summed E-state index contributed by atoms with van der Waals surface area (Å²) in [6, 6.07) is 14.1. The molecule has 4 aromatic rings. The molecule has 0 aliphatic carbocycles. The van der Waals surface area contributed by atoms with Crippen molar-refractivity contribution >= 4 is 44.8 Å². The Morgan fingerprint density at radius 1 is 1.07 bits per heavy atom. The Bertz CT molecular complexity index is 1250. The van der Waals surface area contributed by atoms with E-state index in [9.17, 15) is 0 Å². The Balaban J connectivity index is 1.75. The van der Waals surface area contributed by atoms with E-state index in [1.165, 1.54) is 0 Å². The molecule has 5 heteroatoms. The molecule has 0 fully saturated rings. The number of benzene rings is 2. The molecule has 3 heterocycles. The molecular weight excluding hydrogens is 336 g/mol. The summed E-state index contributed by atoms with van der Waals surface area (Å²) in [5.41, 5.74) is 6.56. The molecule has 0 amide bonds. The summed E-state index contributed by atoms with van der Waals surface area (Å²) in [7, 11) is 2.08. The van der Waals surface area contributed by atoms with Crippen LogP contribution in [0.5, 0.6) is 0 Å². The number of pyridine rings is 1. The summed E-state index contributed by atoms with van der Waals surface area (Å²) in [5.74, 6) is 0. The average molecular weight is 354 g/mol. The minimum absolute atomic E-state index is 0.139. The molecule has 0 bridgehead atoms. The molecule has 0 unspecified atom stereocenters. The second-order valence-electron chi connectivity index (χ2n) is 6.99. The fourth-order valence-corrected chi connectivity index (χ4v) is 3.99. The smallest absolute Gasteiger partial charge is 0.227 e. The fraction of sp³-hybridized carbons (Fsp3) is 0.182. The lowest BCUT2D eigenvalue weighted by atomic mass is 10.1. The largest absolute Gasteiger partial charge is 0.438 e. The number of hydrogen-bond donors (Lipinski definition) is 0. The Morgan fingerprint density at radius 2 is 1.93 bits per heavy atom. The van der Waals surface area contributed by atoms with E-state index in [-0.39, 0.29) is 6.17 Å². The van der Waals surface area contributed by atoms with Crippen LogP contribution in [0.25, 0.3) is 26.9 Å². The molecule has 0 radical (unpaired) electrons. The van der Waals surface area contributed by atoms with Gasteiger partial charge in [-0.05, 0) is 49.7 Å². The quantitative estimate of drug-likeness (QED) is 0.406. The van der Waals surface area contributed by atoms with E-state index in [4.69, 9.17) is 11.0 Å². The van der Waals surface area contributed by atoms with Crippen LogP contribution in [0.2, 0.25) is 0 Å². The van der Waals surface area contributed by atoms with Crippen molar-refractivity contribution < 1.29 is 4.42 Å². The van der Waals surface area contributed by atoms with Gasteiger partial charge in [-0.15, -0.1) is 0 Å². The molecule has 0 N–H and O–H groups in total. The third-order valence-corrected chi connectivity index (χ3v) is 5.49. The van der Waals surface area contributed by atoms with Crippen LogP contribution < -0.4 is 9.80 Å². The number of anilines is 3. The van der Waals surface area contributed by atoms with Crippen LogP contribution in [0.1, 0.15) is 12.5 Å². The van der Waals surface area contributed by atoms with Crippen LogP contribution in [0.4, 0.5) is 22.7 Å². The number of fused-ring (bicyclic) bond motifs is 4. The number of hydrogen-bond acceptors (Lipinski definition) is 4. The number of nitrogens with zero attached hydrogens (tertiary/aromatic N) is 4. The molecule has 1 atom stereocenters. The van der Waals surface area contributed by atoms with Crippen molar-refractivity contribution in [1.82, 2.24) is 4.98 Å². The molecule has 1 aliphatic heterocycles. The zero-order valence-electron chi connectivity index (χ0n) is 15.4. The summed E-state index contributed by atoms with van der Waals surface area (Å²) >= 11 is 0. The van der Waals surface area contributed by atoms with E-state index in [0.717, 1.165) is 39.0 Å². The Morgan fingerprint density at radius 3 is 2.74 bits per heavy atom. The maximum Gasteiger partial charge on any atom is 0.227 e. The second-order valence-corrected chi connectivity index (χ2v) is 6.99. The van der Waals surface area contributed by atoms with Crippen molar-refractivity contribution in [2.75, 3.05) is 16.8 Å². The van der Waals surface area contributed by atoms with Crippen LogP contribution in [0, 0.1) is 13.5 Å². The van der Waals surface area contributed by atoms with Crippen LogP contribution in [0.15, 0.2) is 53.1 Å². The first-order valence-electron chi connectivity index (χ1n) is 8.90. The van der Waals surface area contributed by atoms with Gasteiger partial charge in [-0.2, -0.15) is 0 Å². The molecule has 132 valence electrons. The zero-order chi connectivity index (χ0) is 18.7. The average Bonchev–Trinajstić information content (AvgIpc) is 3.16. The number of aryl methyl sites for hydroxylation is 1. The monoisotopic (exact) mass is 354 g/mol. The van der Waals surface area contributed by atoms with Gasteiger partial charge in [0.1, 0.15) is 11.7 Å². The predicted octanol–water partition coefficient (Wildman–Crippen LogP) is 5.77. The lowest BCUT2D eigenvalue weighted by Crippen LogP contribution is -2.35. The van der Waals surface area contributed by atoms with E-state index in [0.29, 0.717) is 11.4 Å². The highest BCUT2D eigenvalue weighted by Gasteiger charge is 2.32. The Labute approximate surface area is 157 Å². The van der Waals surface area contributed by atoms with E-state index in [1.54, 1.807) is 6.20 Å². The topological polar surface area (TPSA) is 36.9 Å². The van der Waals surface area contributed by atoms with Crippen molar-refractivity contribution in [1.29, 1.82) is 0 Å². The third kappa shape index (κ3) is 2.13. The fourth-order valence-electron chi connectivity index (χ4n) is 3.99. The van der Waals surface area contributed by atoms with Gasteiger partial charge in [0.05, 0.1) is 17.9 Å². The maximum atomic E-state index is 7.36. The highest BCUT2D eigenvalue weighted by atomic mass is 16.3. The summed E-state index contributed by atoms with van der Waals surface area (Å²) in [4.78, 5) is 12.5. The van der Waals surface area contributed by atoms with E-state index in [1.807, 2.05) is 30.3 Å². The molecule has 1 aliphatic rings. The van der Waals surface area contributed by atoms with Crippen molar-refractivity contribution in [3.05, 3.63) is 65.6 Å². The van der Waals surface area contributed by atoms with Crippen LogP contribution in [-0.2, 0) is 0 Å². The molecule has 0 saturated heterocycles. The van der Waals surface area contributed by atoms with Gasteiger partial charge in [-0.1, -0.05) is 6.07 Å². The summed E-state index contributed by atoms with van der Waals surface area (Å²) < 4.78 is 6.00. The molecule has 2 aromatic heterocycles. The summed E-state index contributed by atoms with van der Waals surface area (Å²) in [6.45, 7) is 11.6. The molecule has 5 rings (SSSR count). The molecule has 0 saturated carbocycles. The minimum atomic E-state index is 0.139. The van der Waals surface area contributed by atoms with Gasteiger partial charge >= 0.3 is 0 Å². The van der Waals surface area contributed by atoms with Gasteiger partial charge in [0, 0.05) is 35.8 Å². The molecule has 2 aromatic carbocycles. The highest BCUT2D eigenvalue weighted by molar-refractivity contribution is 6.05.